The molecule has 1 aromatic heterocycles. The van der Waals surface area contributed by atoms with Crippen LogP contribution < -0.4 is 0 Å². The molecular formula is C14H14ClNS. The van der Waals surface area contributed by atoms with Crippen molar-refractivity contribution in [2.75, 3.05) is 0 Å². The summed E-state index contributed by atoms with van der Waals surface area (Å²) in [6.07, 6.45) is 1.75. The molecule has 88 valence electrons. The second-order valence-corrected chi connectivity index (χ2v) is 5.37. The molecule has 0 saturated carbocycles. The van der Waals surface area contributed by atoms with Crippen LogP contribution in [0.15, 0.2) is 42.6 Å². The smallest absolute Gasteiger partial charge is 0.0517 e. The van der Waals surface area contributed by atoms with E-state index in [9.17, 15) is 0 Å². The zero-order chi connectivity index (χ0) is 12.1. The first-order chi connectivity index (χ1) is 8.24. The summed E-state index contributed by atoms with van der Waals surface area (Å²) >= 11 is 7.77. The summed E-state index contributed by atoms with van der Waals surface area (Å²) in [6, 6.07) is 12.3. The first-order valence-electron chi connectivity index (χ1n) is 5.48. The van der Waals surface area contributed by atoms with Gasteiger partial charge < -0.3 is 0 Å². The summed E-state index contributed by atoms with van der Waals surface area (Å²) in [7, 11) is 0. The van der Waals surface area contributed by atoms with Crippen LogP contribution in [0, 0.1) is 6.92 Å². The molecule has 0 aliphatic heterocycles. The normalized spacial score (nSPS) is 10.5. The number of nitrogens with zero attached hydrogens (tertiary/aromatic N) is 1. The van der Waals surface area contributed by atoms with E-state index in [1.54, 1.807) is 12.3 Å². The molecule has 1 nitrogen and oxygen atoms in total. The van der Waals surface area contributed by atoms with E-state index < -0.39 is 0 Å². The lowest BCUT2D eigenvalue weighted by Crippen LogP contribution is -1.87. The largest absolute Gasteiger partial charge is 0.260 e. The van der Waals surface area contributed by atoms with Gasteiger partial charge in [0.05, 0.1) is 5.69 Å². The van der Waals surface area contributed by atoms with Gasteiger partial charge in [-0.2, -0.15) is 11.8 Å². The van der Waals surface area contributed by atoms with Crippen molar-refractivity contribution in [3.8, 4) is 0 Å². The SMILES string of the molecule is Cc1cccc(CSCc2cc(Cl)ccn2)c1. The van der Waals surface area contributed by atoms with Crippen molar-refractivity contribution in [2.45, 2.75) is 18.4 Å². The average Bonchev–Trinajstić information content (AvgIpc) is 2.29. The van der Waals surface area contributed by atoms with Crippen molar-refractivity contribution in [1.29, 1.82) is 0 Å². The van der Waals surface area contributed by atoms with Crippen LogP contribution in [0.25, 0.3) is 0 Å². The summed E-state index contributed by atoms with van der Waals surface area (Å²) in [5, 5.41) is 0.756. The predicted octanol–water partition coefficient (Wildman–Crippen LogP) is 4.48. The van der Waals surface area contributed by atoms with Gasteiger partial charge in [-0.25, -0.2) is 0 Å². The summed E-state index contributed by atoms with van der Waals surface area (Å²) in [5.41, 5.74) is 3.70. The van der Waals surface area contributed by atoms with Crippen molar-refractivity contribution in [3.05, 3.63) is 64.4 Å². The van der Waals surface area contributed by atoms with Crippen LogP contribution in [0.1, 0.15) is 16.8 Å². The highest BCUT2D eigenvalue weighted by molar-refractivity contribution is 7.97. The van der Waals surface area contributed by atoms with Gasteiger partial charge in [0.15, 0.2) is 0 Å². The van der Waals surface area contributed by atoms with E-state index >= 15 is 0 Å². The van der Waals surface area contributed by atoms with E-state index in [2.05, 4.69) is 36.2 Å². The van der Waals surface area contributed by atoms with Crippen LogP contribution in [0.4, 0.5) is 0 Å². The lowest BCUT2D eigenvalue weighted by molar-refractivity contribution is 1.17. The van der Waals surface area contributed by atoms with E-state index in [0.29, 0.717) is 0 Å². The van der Waals surface area contributed by atoms with Gasteiger partial charge in [-0.3, -0.25) is 4.98 Å². The Morgan fingerprint density at radius 2 is 2.06 bits per heavy atom. The maximum absolute atomic E-state index is 5.91. The maximum Gasteiger partial charge on any atom is 0.0517 e. The van der Waals surface area contributed by atoms with Gasteiger partial charge in [0, 0.05) is 22.7 Å². The van der Waals surface area contributed by atoms with Crippen molar-refractivity contribution < 1.29 is 0 Å². The number of rotatable bonds is 4. The lowest BCUT2D eigenvalue weighted by Gasteiger charge is -2.03. The van der Waals surface area contributed by atoms with Crippen molar-refractivity contribution >= 4 is 23.4 Å². The molecule has 0 aliphatic rings. The fourth-order valence-corrected chi connectivity index (χ4v) is 2.67. The van der Waals surface area contributed by atoms with Gasteiger partial charge in [-0.05, 0) is 24.6 Å². The molecule has 2 aromatic rings. The van der Waals surface area contributed by atoms with Crippen LogP contribution in [0.2, 0.25) is 5.02 Å². The fraction of sp³-hybridized carbons (Fsp3) is 0.214. The monoisotopic (exact) mass is 263 g/mol. The molecule has 2 rings (SSSR count). The molecular weight excluding hydrogens is 250 g/mol. The molecule has 3 heteroatoms. The van der Waals surface area contributed by atoms with Gasteiger partial charge in [0.2, 0.25) is 0 Å². The van der Waals surface area contributed by atoms with Gasteiger partial charge in [0.1, 0.15) is 0 Å². The Morgan fingerprint density at radius 1 is 1.18 bits per heavy atom. The summed E-state index contributed by atoms with van der Waals surface area (Å²) in [5.74, 6) is 1.91. The molecule has 0 fully saturated rings. The predicted molar refractivity (Wildman–Crippen MR) is 75.4 cm³/mol. The zero-order valence-electron chi connectivity index (χ0n) is 9.69. The van der Waals surface area contributed by atoms with Crippen LogP contribution >= 0.6 is 23.4 Å². The Kier molecular flexibility index (Phi) is 4.46. The van der Waals surface area contributed by atoms with Gasteiger partial charge in [-0.15, -0.1) is 0 Å². The Hall–Kier alpha value is -0.990. The molecule has 1 aromatic carbocycles. The standard InChI is InChI=1S/C14H14ClNS/c1-11-3-2-4-12(7-11)9-17-10-14-8-13(15)5-6-16-14/h2-8H,9-10H2,1H3. The minimum Gasteiger partial charge on any atom is -0.260 e. The van der Waals surface area contributed by atoms with Gasteiger partial charge >= 0.3 is 0 Å². The molecule has 0 spiro atoms. The highest BCUT2D eigenvalue weighted by atomic mass is 35.5. The van der Waals surface area contributed by atoms with Crippen molar-refractivity contribution in [1.82, 2.24) is 4.98 Å². The maximum atomic E-state index is 5.91. The topological polar surface area (TPSA) is 12.9 Å². The molecule has 0 bridgehead atoms. The first-order valence-corrected chi connectivity index (χ1v) is 7.01. The van der Waals surface area contributed by atoms with E-state index in [-0.39, 0.29) is 0 Å². The van der Waals surface area contributed by atoms with E-state index in [4.69, 9.17) is 11.6 Å². The third-order valence-corrected chi connectivity index (χ3v) is 3.65. The molecule has 0 N–H and O–H groups in total. The Balaban J connectivity index is 1.87. The second kappa shape index (κ2) is 6.08. The van der Waals surface area contributed by atoms with Crippen molar-refractivity contribution in [2.24, 2.45) is 0 Å². The van der Waals surface area contributed by atoms with E-state index in [1.165, 1.54) is 11.1 Å². The number of halogens is 1. The number of hydrogen-bond acceptors (Lipinski definition) is 2. The van der Waals surface area contributed by atoms with Crippen LogP contribution in [-0.4, -0.2) is 4.98 Å². The Labute approximate surface area is 111 Å². The molecule has 0 aliphatic carbocycles. The third kappa shape index (κ3) is 4.06. The van der Waals surface area contributed by atoms with E-state index in [0.717, 1.165) is 22.2 Å². The fourth-order valence-electron chi connectivity index (χ4n) is 1.60. The van der Waals surface area contributed by atoms with Gasteiger partial charge in [-0.1, -0.05) is 41.4 Å². The summed E-state index contributed by atoms with van der Waals surface area (Å²) < 4.78 is 0. The third-order valence-electron chi connectivity index (χ3n) is 2.38. The number of aromatic nitrogens is 1. The van der Waals surface area contributed by atoms with Crippen molar-refractivity contribution in [3.63, 3.8) is 0 Å². The number of hydrogen-bond donors (Lipinski definition) is 0. The van der Waals surface area contributed by atoms with Crippen LogP contribution in [0.3, 0.4) is 0 Å². The number of benzene rings is 1. The molecule has 0 unspecified atom stereocenters. The molecule has 0 radical (unpaired) electrons. The molecule has 0 atom stereocenters. The molecule has 0 saturated heterocycles. The Bertz CT molecular complexity index is 454. The molecule has 0 amide bonds. The zero-order valence-corrected chi connectivity index (χ0v) is 11.3. The van der Waals surface area contributed by atoms with Gasteiger partial charge in [0.25, 0.3) is 0 Å². The highest BCUT2D eigenvalue weighted by Crippen LogP contribution is 2.19. The number of aryl methyl sites for hydroxylation is 1. The second-order valence-electron chi connectivity index (χ2n) is 3.95. The summed E-state index contributed by atoms with van der Waals surface area (Å²) in [4.78, 5) is 4.28. The van der Waals surface area contributed by atoms with Crippen LogP contribution in [0.5, 0.6) is 0 Å². The number of thioether (sulfide) groups is 1. The van der Waals surface area contributed by atoms with Crippen LogP contribution in [-0.2, 0) is 11.5 Å². The molecule has 1 heterocycles. The Morgan fingerprint density at radius 3 is 2.82 bits per heavy atom. The quantitative estimate of drug-likeness (QED) is 0.807. The lowest BCUT2D eigenvalue weighted by atomic mass is 10.2. The molecule has 17 heavy (non-hydrogen) atoms. The first kappa shape index (κ1) is 12.5. The average molecular weight is 264 g/mol. The minimum atomic E-state index is 0.756. The minimum absolute atomic E-state index is 0.756. The number of pyridine rings is 1. The summed E-state index contributed by atoms with van der Waals surface area (Å²) in [6.45, 7) is 2.12. The highest BCUT2D eigenvalue weighted by Gasteiger charge is 1.98. The van der Waals surface area contributed by atoms with E-state index in [1.807, 2.05) is 17.8 Å².